The Hall–Kier alpha value is -3.28. The topological polar surface area (TPSA) is 121 Å². The van der Waals surface area contributed by atoms with E-state index < -0.39 is 4.92 Å². The molecule has 0 bridgehead atoms. The third-order valence-electron chi connectivity index (χ3n) is 4.99. The number of rotatable bonds is 7. The highest BCUT2D eigenvalue weighted by atomic mass is 35.5. The van der Waals surface area contributed by atoms with Gasteiger partial charge in [0.15, 0.2) is 0 Å². The van der Waals surface area contributed by atoms with Crippen LogP contribution in [0.4, 0.5) is 33.6 Å². The summed E-state index contributed by atoms with van der Waals surface area (Å²) in [5.74, 6) is 0.515. The van der Waals surface area contributed by atoms with Crippen molar-refractivity contribution in [2.45, 2.75) is 19.3 Å². The highest BCUT2D eigenvalue weighted by molar-refractivity contribution is 6.37. The Labute approximate surface area is 216 Å². The Bertz CT molecular complexity index is 1220. The number of nitrogens with zero attached hydrogens (tertiary/aromatic N) is 6. The number of benzene rings is 2. The summed E-state index contributed by atoms with van der Waals surface area (Å²) in [6.45, 7) is 1.62. The van der Waals surface area contributed by atoms with E-state index in [2.05, 4.69) is 35.7 Å². The van der Waals surface area contributed by atoms with E-state index in [-0.39, 0.29) is 45.9 Å². The maximum Gasteiger partial charge on any atom is 0.288 e. The number of halogens is 4. The van der Waals surface area contributed by atoms with E-state index in [1.165, 1.54) is 30.5 Å². The molecule has 1 aliphatic rings. The molecule has 3 aromatic rings. The summed E-state index contributed by atoms with van der Waals surface area (Å²) in [6.07, 6.45) is 4.51. The summed E-state index contributed by atoms with van der Waals surface area (Å²) in [5, 5.41) is 18.4. The molecule has 1 fully saturated rings. The zero-order valence-corrected chi connectivity index (χ0v) is 20.4. The van der Waals surface area contributed by atoms with Crippen molar-refractivity contribution in [3.8, 4) is 0 Å². The largest absolute Gasteiger partial charge is 0.341 e. The van der Waals surface area contributed by atoms with Crippen molar-refractivity contribution in [1.29, 1.82) is 0 Å². The third kappa shape index (κ3) is 6.87. The van der Waals surface area contributed by atoms with Gasteiger partial charge in [0.2, 0.25) is 17.8 Å². The molecule has 1 aliphatic heterocycles. The molecule has 0 aliphatic carbocycles. The number of nitro groups is 1. The van der Waals surface area contributed by atoms with E-state index in [4.69, 9.17) is 23.2 Å². The molecule has 10 nitrogen and oxygen atoms in total. The molecule has 1 saturated heterocycles. The second kappa shape index (κ2) is 11.9. The van der Waals surface area contributed by atoms with Gasteiger partial charge in [-0.05, 0) is 49.6 Å². The number of piperidine rings is 1. The van der Waals surface area contributed by atoms with Gasteiger partial charge in [-0.3, -0.25) is 10.1 Å². The lowest BCUT2D eigenvalue weighted by atomic mass is 10.1. The van der Waals surface area contributed by atoms with Gasteiger partial charge in [-0.25, -0.2) is 9.82 Å². The number of aromatic nitrogens is 3. The molecule has 1 aromatic heterocycles. The Kier molecular flexibility index (Phi) is 8.96. The third-order valence-corrected chi connectivity index (χ3v) is 5.62. The number of nitro benzene ring substituents is 1. The second-order valence-corrected chi connectivity index (χ2v) is 8.23. The number of nitrogens with one attached hydrogen (secondary N) is 2. The Morgan fingerprint density at radius 3 is 2.40 bits per heavy atom. The number of hydrogen-bond acceptors (Lipinski definition) is 9. The highest BCUT2D eigenvalue weighted by Crippen LogP contribution is 2.30. The summed E-state index contributed by atoms with van der Waals surface area (Å²) >= 11 is 12.0. The molecule has 0 unspecified atom stereocenters. The molecule has 2 heterocycles. The zero-order chi connectivity index (χ0) is 24.1. The van der Waals surface area contributed by atoms with Gasteiger partial charge >= 0.3 is 0 Å². The number of hydrogen-bond donors (Lipinski definition) is 2. The highest BCUT2D eigenvalue weighted by Gasteiger charge is 2.17. The van der Waals surface area contributed by atoms with Gasteiger partial charge in [-0.2, -0.15) is 20.1 Å². The molecule has 0 amide bonds. The van der Waals surface area contributed by atoms with Crippen molar-refractivity contribution in [2.24, 2.45) is 5.10 Å². The molecule has 0 radical (unpaired) electrons. The average molecular weight is 542 g/mol. The van der Waals surface area contributed by atoms with Crippen molar-refractivity contribution in [2.75, 3.05) is 28.7 Å². The molecule has 14 heteroatoms. The second-order valence-electron chi connectivity index (χ2n) is 7.41. The minimum atomic E-state index is -0.603. The molecular formula is C21H20Cl3FN8O2. The van der Waals surface area contributed by atoms with Crippen LogP contribution in [0.25, 0.3) is 0 Å². The van der Waals surface area contributed by atoms with Gasteiger partial charge < -0.3 is 10.2 Å². The van der Waals surface area contributed by atoms with Crippen molar-refractivity contribution in [3.63, 3.8) is 0 Å². The summed E-state index contributed by atoms with van der Waals surface area (Å²) in [5.41, 5.74) is 3.33. The maximum absolute atomic E-state index is 13.2. The molecule has 4 rings (SSSR count). The molecule has 184 valence electrons. The molecule has 2 aromatic carbocycles. The van der Waals surface area contributed by atoms with Gasteiger partial charge in [-0.1, -0.05) is 23.2 Å². The van der Waals surface area contributed by atoms with Crippen LogP contribution in [0.15, 0.2) is 41.5 Å². The van der Waals surface area contributed by atoms with Crippen LogP contribution in [-0.4, -0.2) is 39.2 Å². The first-order chi connectivity index (χ1) is 16.4. The van der Waals surface area contributed by atoms with E-state index in [1.807, 2.05) is 0 Å². The van der Waals surface area contributed by atoms with E-state index in [1.54, 1.807) is 12.1 Å². The van der Waals surface area contributed by atoms with Crippen LogP contribution >= 0.6 is 35.6 Å². The summed E-state index contributed by atoms with van der Waals surface area (Å²) < 4.78 is 13.2. The van der Waals surface area contributed by atoms with Gasteiger partial charge in [0.05, 0.1) is 16.2 Å². The first-order valence-corrected chi connectivity index (χ1v) is 11.1. The van der Waals surface area contributed by atoms with Crippen molar-refractivity contribution in [3.05, 3.63) is 67.9 Å². The van der Waals surface area contributed by atoms with E-state index >= 15 is 0 Å². The minimum Gasteiger partial charge on any atom is -0.341 e. The number of hydrazone groups is 1. The SMILES string of the molecule is Cl.O=[N+]([O-])c1cc(C=NNc2nc(Nc3ccc(F)cc3)nc(N3CCCCC3)n2)c(Cl)cc1Cl. The Morgan fingerprint density at radius 1 is 1.03 bits per heavy atom. The van der Waals surface area contributed by atoms with Crippen LogP contribution in [0.5, 0.6) is 0 Å². The molecule has 35 heavy (non-hydrogen) atoms. The standard InChI is InChI=1S/C21H19Cl2FN8O2.ClH/c22-16-11-17(23)18(32(33)34)10-13(16)12-25-30-20-27-19(26-15-6-4-14(24)5-7-15)28-21(29-20)31-8-2-1-3-9-31;/h4-7,10-12H,1-3,8-9H2,(H2,26,27,28,29,30);1H. The van der Waals surface area contributed by atoms with E-state index in [0.717, 1.165) is 32.4 Å². The van der Waals surface area contributed by atoms with Crippen LogP contribution < -0.4 is 15.6 Å². The smallest absolute Gasteiger partial charge is 0.288 e. The fourth-order valence-electron chi connectivity index (χ4n) is 3.32. The predicted molar refractivity (Wildman–Crippen MR) is 137 cm³/mol. The van der Waals surface area contributed by atoms with Crippen molar-refractivity contribution in [1.82, 2.24) is 15.0 Å². The average Bonchev–Trinajstić information content (AvgIpc) is 2.82. The Morgan fingerprint density at radius 2 is 1.71 bits per heavy atom. The van der Waals surface area contributed by atoms with Gasteiger partial charge in [-0.15, -0.1) is 12.4 Å². The van der Waals surface area contributed by atoms with Crippen LogP contribution in [0, 0.1) is 15.9 Å². The number of anilines is 4. The van der Waals surface area contributed by atoms with E-state index in [9.17, 15) is 14.5 Å². The van der Waals surface area contributed by atoms with Crippen LogP contribution in [0.3, 0.4) is 0 Å². The lowest BCUT2D eigenvalue weighted by Crippen LogP contribution is -2.31. The minimum absolute atomic E-state index is 0. The summed E-state index contributed by atoms with van der Waals surface area (Å²) in [6, 6.07) is 8.30. The quantitative estimate of drug-likeness (QED) is 0.218. The lowest BCUT2D eigenvalue weighted by Gasteiger charge is -2.26. The molecule has 0 saturated carbocycles. The molecule has 0 atom stereocenters. The fourth-order valence-corrected chi connectivity index (χ4v) is 3.82. The molecule has 0 spiro atoms. The molecular weight excluding hydrogens is 522 g/mol. The lowest BCUT2D eigenvalue weighted by molar-refractivity contribution is -0.384. The maximum atomic E-state index is 13.2. The van der Waals surface area contributed by atoms with Crippen molar-refractivity contribution < 1.29 is 9.31 Å². The summed E-state index contributed by atoms with van der Waals surface area (Å²) in [4.78, 5) is 25.8. The first-order valence-electron chi connectivity index (χ1n) is 10.3. The van der Waals surface area contributed by atoms with Crippen LogP contribution in [-0.2, 0) is 0 Å². The van der Waals surface area contributed by atoms with Gasteiger partial charge in [0, 0.05) is 30.4 Å². The van der Waals surface area contributed by atoms with Crippen LogP contribution in [0.2, 0.25) is 10.0 Å². The zero-order valence-electron chi connectivity index (χ0n) is 18.1. The monoisotopic (exact) mass is 540 g/mol. The fraction of sp³-hybridized carbons (Fsp3) is 0.238. The van der Waals surface area contributed by atoms with Gasteiger partial charge in [0.25, 0.3) is 5.69 Å². The van der Waals surface area contributed by atoms with E-state index in [0.29, 0.717) is 17.2 Å². The summed E-state index contributed by atoms with van der Waals surface area (Å²) in [7, 11) is 0. The predicted octanol–water partition coefficient (Wildman–Crippen LogP) is 5.83. The van der Waals surface area contributed by atoms with Gasteiger partial charge in [0.1, 0.15) is 10.8 Å². The normalized spacial score (nSPS) is 13.4. The van der Waals surface area contributed by atoms with Crippen molar-refractivity contribution >= 4 is 71.0 Å². The first kappa shape index (κ1) is 26.3. The Balaban J connectivity index is 0.00000342. The van der Waals surface area contributed by atoms with Crippen LogP contribution in [0.1, 0.15) is 24.8 Å². The molecule has 2 N–H and O–H groups in total.